The van der Waals surface area contributed by atoms with Gasteiger partial charge in [0.25, 0.3) is 0 Å². The van der Waals surface area contributed by atoms with Gasteiger partial charge in [-0.05, 0) is 68.4 Å². The summed E-state index contributed by atoms with van der Waals surface area (Å²) >= 11 is 0. The fourth-order valence-electron chi connectivity index (χ4n) is 5.40. The first-order valence-corrected chi connectivity index (χ1v) is 16.8. The number of carbonyl (C=O) groups is 3. The molecular weight excluding hydrogens is 588 g/mol. The maximum Gasteiger partial charge on any atom is 0.246 e. The van der Waals surface area contributed by atoms with Crippen molar-refractivity contribution in [1.29, 1.82) is 0 Å². The maximum atomic E-state index is 13.5. The van der Waals surface area contributed by atoms with Gasteiger partial charge < -0.3 is 20.4 Å². The Morgan fingerprint density at radius 2 is 1.23 bits per heavy atom. The highest BCUT2D eigenvalue weighted by molar-refractivity contribution is 5.88. The number of pyridine rings is 2. The highest BCUT2D eigenvalue weighted by atomic mass is 16.2. The van der Waals surface area contributed by atoms with Crippen LogP contribution in [0, 0.1) is 17.8 Å². The van der Waals surface area contributed by atoms with E-state index in [1.165, 1.54) is 0 Å². The highest BCUT2D eigenvalue weighted by Gasteiger charge is 2.21. The Bertz CT molecular complexity index is 1460. The van der Waals surface area contributed by atoms with Gasteiger partial charge in [0, 0.05) is 31.2 Å². The molecule has 0 saturated carbocycles. The molecule has 9 heteroatoms. The van der Waals surface area contributed by atoms with Crippen LogP contribution in [-0.4, -0.2) is 55.5 Å². The molecule has 2 N–H and O–H groups in total. The molecule has 3 rings (SSSR count). The number of nitrogens with two attached hydrogens (primary N) is 1. The number of nitrogens with zero attached hydrogens (tertiary/aromatic N) is 5. The second-order valence-corrected chi connectivity index (χ2v) is 13.7. The molecule has 1 unspecified atom stereocenters. The van der Waals surface area contributed by atoms with Gasteiger partial charge in [0.05, 0.1) is 55.5 Å². The van der Waals surface area contributed by atoms with Crippen molar-refractivity contribution >= 4 is 17.7 Å². The summed E-state index contributed by atoms with van der Waals surface area (Å²) < 4.78 is 0. The molecule has 0 fully saturated rings. The van der Waals surface area contributed by atoms with Crippen molar-refractivity contribution in [3.8, 4) is 0 Å². The fourth-order valence-corrected chi connectivity index (χ4v) is 5.40. The summed E-state index contributed by atoms with van der Waals surface area (Å²) in [6.07, 6.45) is 9.13. The van der Waals surface area contributed by atoms with Gasteiger partial charge in [-0.1, -0.05) is 64.5 Å². The smallest absolute Gasteiger partial charge is 0.246 e. The SMILES string of the molecule is CCC1/C=C\C=C(/N)CN(C(=O)CC(C)C)Cc2cccc(n2)CN(C(=O)CC(C)C)Cc2cccc(n2)CN(C(=O)C=C(C)C)C1. The summed E-state index contributed by atoms with van der Waals surface area (Å²) in [6.45, 7) is 16.1. The van der Waals surface area contributed by atoms with Gasteiger partial charge in [0.1, 0.15) is 0 Å². The first kappa shape index (κ1) is 37.2. The molecule has 0 saturated heterocycles. The van der Waals surface area contributed by atoms with Gasteiger partial charge in [-0.25, -0.2) is 0 Å². The summed E-state index contributed by atoms with van der Waals surface area (Å²) in [5.41, 5.74) is 10.9. The van der Waals surface area contributed by atoms with Crippen molar-refractivity contribution in [3.05, 3.63) is 94.7 Å². The molecular formula is C38H54N6O3. The minimum absolute atomic E-state index is 0.00855. The predicted molar refractivity (Wildman–Crippen MR) is 187 cm³/mol. The molecule has 9 nitrogen and oxygen atoms in total. The molecule has 1 atom stereocenters. The van der Waals surface area contributed by atoms with Gasteiger partial charge >= 0.3 is 0 Å². The van der Waals surface area contributed by atoms with E-state index in [9.17, 15) is 14.4 Å². The van der Waals surface area contributed by atoms with Crippen molar-refractivity contribution in [2.75, 3.05) is 13.1 Å². The third-order valence-corrected chi connectivity index (χ3v) is 7.78. The first-order valence-electron chi connectivity index (χ1n) is 16.8. The van der Waals surface area contributed by atoms with Crippen LogP contribution in [-0.2, 0) is 40.6 Å². The monoisotopic (exact) mass is 642 g/mol. The summed E-state index contributed by atoms with van der Waals surface area (Å²) in [5, 5.41) is 0. The molecule has 3 heterocycles. The first-order chi connectivity index (χ1) is 22.3. The molecule has 1 aliphatic heterocycles. The Kier molecular flexibility index (Phi) is 14.4. The highest BCUT2D eigenvalue weighted by Crippen LogP contribution is 2.17. The molecule has 1 aliphatic rings. The van der Waals surface area contributed by atoms with E-state index < -0.39 is 0 Å². The number of allylic oxidation sites excluding steroid dienone is 3. The van der Waals surface area contributed by atoms with Crippen LogP contribution in [0.4, 0.5) is 0 Å². The lowest BCUT2D eigenvalue weighted by atomic mass is 10.0. The van der Waals surface area contributed by atoms with Crippen LogP contribution in [0.3, 0.4) is 0 Å². The third-order valence-electron chi connectivity index (χ3n) is 7.78. The number of hydrogen-bond acceptors (Lipinski definition) is 6. The van der Waals surface area contributed by atoms with Crippen LogP contribution in [0.5, 0.6) is 0 Å². The Hall–Kier alpha value is -4.27. The average molecular weight is 643 g/mol. The van der Waals surface area contributed by atoms with E-state index in [4.69, 9.17) is 15.7 Å². The zero-order valence-corrected chi connectivity index (χ0v) is 29.4. The molecule has 0 spiro atoms. The zero-order valence-electron chi connectivity index (χ0n) is 29.4. The lowest BCUT2D eigenvalue weighted by Gasteiger charge is -2.26. The second-order valence-electron chi connectivity index (χ2n) is 13.7. The minimum atomic E-state index is -0.0692. The van der Waals surface area contributed by atoms with Gasteiger partial charge in [-0.2, -0.15) is 0 Å². The molecule has 3 amide bonds. The van der Waals surface area contributed by atoms with E-state index in [1.54, 1.807) is 15.9 Å². The number of carbonyl (C=O) groups excluding carboxylic acids is 3. The van der Waals surface area contributed by atoms with Crippen LogP contribution in [0.1, 0.15) is 90.5 Å². The molecule has 0 aliphatic carbocycles. The number of hydrogen-bond donors (Lipinski definition) is 1. The van der Waals surface area contributed by atoms with Crippen LogP contribution in [0.15, 0.2) is 72.0 Å². The van der Waals surface area contributed by atoms with Gasteiger partial charge in [-0.3, -0.25) is 24.4 Å². The van der Waals surface area contributed by atoms with Crippen LogP contribution >= 0.6 is 0 Å². The second kappa shape index (κ2) is 18.2. The zero-order chi connectivity index (χ0) is 34.5. The molecule has 2 aromatic rings. The molecule has 47 heavy (non-hydrogen) atoms. The van der Waals surface area contributed by atoms with Gasteiger partial charge in [0.2, 0.25) is 17.7 Å². The molecule has 254 valence electrons. The van der Waals surface area contributed by atoms with Crippen molar-refractivity contribution in [2.24, 2.45) is 23.5 Å². The molecule has 2 aromatic heterocycles. The minimum Gasteiger partial charge on any atom is -0.401 e. The summed E-state index contributed by atoms with van der Waals surface area (Å²) in [5.74, 6) is 0.428. The van der Waals surface area contributed by atoms with Crippen LogP contribution in [0.25, 0.3) is 0 Å². The number of rotatable bonds is 6. The maximum absolute atomic E-state index is 13.5. The summed E-state index contributed by atoms with van der Waals surface area (Å²) in [4.78, 5) is 55.4. The van der Waals surface area contributed by atoms with Gasteiger partial charge in [0.15, 0.2) is 0 Å². The predicted octanol–water partition coefficient (Wildman–Crippen LogP) is 6.16. The van der Waals surface area contributed by atoms with Crippen molar-refractivity contribution < 1.29 is 14.4 Å². The van der Waals surface area contributed by atoms with E-state index in [2.05, 4.69) is 13.0 Å². The van der Waals surface area contributed by atoms with E-state index >= 15 is 0 Å². The standard InChI is InChI=1S/C38H54N6O3/c1-8-30-12-9-13-31(39)22-43(37(46)19-28(4)5)24-33-15-11-17-35(41-33)26-44(38(47)20-29(6)7)25-34-16-10-14-32(40-34)23-42(21-30)36(45)18-27(2)3/h9-18,28-30H,8,19-26,39H2,1-7H3/b12-9-,31-13-. The number of fused-ring (bicyclic) bond motifs is 4. The van der Waals surface area contributed by atoms with Crippen molar-refractivity contribution in [1.82, 2.24) is 24.7 Å². The van der Waals surface area contributed by atoms with Gasteiger partial charge in [-0.15, -0.1) is 0 Å². The van der Waals surface area contributed by atoms with Crippen molar-refractivity contribution in [2.45, 2.75) is 93.9 Å². The quantitative estimate of drug-likeness (QED) is 0.378. The Labute approximate surface area is 281 Å². The van der Waals surface area contributed by atoms with E-state index in [-0.39, 0.29) is 42.0 Å². The largest absolute Gasteiger partial charge is 0.401 e. The van der Waals surface area contributed by atoms with E-state index in [0.29, 0.717) is 51.3 Å². The topological polar surface area (TPSA) is 113 Å². The Morgan fingerprint density at radius 3 is 1.66 bits per heavy atom. The van der Waals surface area contributed by atoms with Crippen molar-refractivity contribution in [3.63, 3.8) is 0 Å². The lowest BCUT2D eigenvalue weighted by Crippen LogP contribution is -2.35. The van der Waals surface area contributed by atoms with E-state index in [1.807, 2.05) is 95.0 Å². The molecule has 0 aromatic carbocycles. The lowest BCUT2D eigenvalue weighted by molar-refractivity contribution is -0.133. The number of amides is 3. The summed E-state index contributed by atoms with van der Waals surface area (Å²) in [6, 6.07) is 11.5. The van der Waals surface area contributed by atoms with E-state index in [0.717, 1.165) is 34.8 Å². The Morgan fingerprint density at radius 1 is 0.787 bits per heavy atom. The fraction of sp³-hybridized carbons (Fsp3) is 0.500. The molecule has 4 bridgehead atoms. The van der Waals surface area contributed by atoms with Crippen LogP contribution < -0.4 is 5.73 Å². The summed E-state index contributed by atoms with van der Waals surface area (Å²) in [7, 11) is 0. The third kappa shape index (κ3) is 12.8. The average Bonchev–Trinajstić information content (AvgIpc) is 2.98. The van der Waals surface area contributed by atoms with Crippen LogP contribution in [0.2, 0.25) is 0 Å². The number of aromatic nitrogens is 2. The molecule has 0 radical (unpaired) electrons. The normalized spacial score (nSPS) is 18.4. The Balaban J connectivity index is 2.09.